The highest BCUT2D eigenvalue weighted by molar-refractivity contribution is 5.79. The van der Waals surface area contributed by atoms with Crippen molar-refractivity contribution in [2.75, 3.05) is 6.61 Å². The van der Waals surface area contributed by atoms with Gasteiger partial charge in [-0.05, 0) is 91.7 Å². The standard InChI is InChI=1S/C31H42O2/c1-7-11-28(32)22-33-29-15-14-27(21-24(29)6)31(9-3,10-4)26-13-12-25(23(5)20-26)16-17-30(8-2)18-19-30/h12-17,20-21H,7-11,18-19,22H2,1-6H3/b17-16+. The van der Waals surface area contributed by atoms with E-state index < -0.39 is 0 Å². The summed E-state index contributed by atoms with van der Waals surface area (Å²) >= 11 is 0. The number of ether oxygens (including phenoxy) is 1. The van der Waals surface area contributed by atoms with Crippen molar-refractivity contribution in [2.45, 2.75) is 91.9 Å². The summed E-state index contributed by atoms with van der Waals surface area (Å²) in [5.41, 5.74) is 6.89. The molecule has 0 aromatic heterocycles. The van der Waals surface area contributed by atoms with Crippen LogP contribution in [0.25, 0.3) is 6.08 Å². The van der Waals surface area contributed by atoms with Crippen LogP contribution in [0.3, 0.4) is 0 Å². The Morgan fingerprint density at radius 3 is 2.12 bits per heavy atom. The number of Topliss-reactive ketones (excluding diaryl/α,β-unsaturated/α-hetero) is 1. The van der Waals surface area contributed by atoms with Crippen LogP contribution in [-0.2, 0) is 10.2 Å². The first-order valence-corrected chi connectivity index (χ1v) is 12.9. The molecule has 1 fully saturated rings. The summed E-state index contributed by atoms with van der Waals surface area (Å²) in [6, 6.07) is 13.5. The van der Waals surface area contributed by atoms with Crippen molar-refractivity contribution < 1.29 is 9.53 Å². The molecule has 0 radical (unpaired) electrons. The van der Waals surface area contributed by atoms with Crippen molar-refractivity contribution in [3.05, 3.63) is 70.3 Å². The molecule has 2 aromatic rings. The van der Waals surface area contributed by atoms with Gasteiger partial charge in [0, 0.05) is 11.8 Å². The monoisotopic (exact) mass is 446 g/mol. The van der Waals surface area contributed by atoms with Crippen molar-refractivity contribution >= 4 is 11.9 Å². The molecule has 2 heteroatoms. The summed E-state index contributed by atoms with van der Waals surface area (Å²) in [4.78, 5) is 11.9. The smallest absolute Gasteiger partial charge is 0.170 e. The normalized spacial score (nSPS) is 15.1. The maximum Gasteiger partial charge on any atom is 0.170 e. The summed E-state index contributed by atoms with van der Waals surface area (Å²) in [6.07, 6.45) is 12.2. The number of hydrogen-bond acceptors (Lipinski definition) is 2. The van der Waals surface area contributed by atoms with Gasteiger partial charge in [0.1, 0.15) is 12.4 Å². The Kier molecular flexibility index (Phi) is 8.21. The van der Waals surface area contributed by atoms with Gasteiger partial charge in [-0.2, -0.15) is 0 Å². The van der Waals surface area contributed by atoms with Crippen LogP contribution in [0, 0.1) is 19.3 Å². The van der Waals surface area contributed by atoms with Gasteiger partial charge in [0.15, 0.2) is 5.78 Å². The zero-order valence-corrected chi connectivity index (χ0v) is 21.6. The number of benzene rings is 2. The predicted octanol–water partition coefficient (Wildman–Crippen LogP) is 8.36. The molecule has 0 aliphatic heterocycles. The van der Waals surface area contributed by atoms with Crippen LogP contribution >= 0.6 is 0 Å². The van der Waals surface area contributed by atoms with Gasteiger partial charge in [-0.1, -0.05) is 70.2 Å². The number of aryl methyl sites for hydroxylation is 2. The molecule has 0 bridgehead atoms. The lowest BCUT2D eigenvalue weighted by Crippen LogP contribution is -2.26. The molecule has 0 amide bonds. The van der Waals surface area contributed by atoms with E-state index in [1.54, 1.807) is 0 Å². The van der Waals surface area contributed by atoms with Gasteiger partial charge in [0.2, 0.25) is 0 Å². The second kappa shape index (κ2) is 10.7. The molecule has 33 heavy (non-hydrogen) atoms. The van der Waals surface area contributed by atoms with E-state index in [0.29, 0.717) is 11.8 Å². The second-order valence-corrected chi connectivity index (χ2v) is 9.97. The lowest BCUT2D eigenvalue weighted by Gasteiger charge is -2.34. The van der Waals surface area contributed by atoms with E-state index in [9.17, 15) is 4.79 Å². The summed E-state index contributed by atoms with van der Waals surface area (Å²) in [7, 11) is 0. The maximum atomic E-state index is 11.9. The average molecular weight is 447 g/mol. The topological polar surface area (TPSA) is 26.3 Å². The molecule has 2 aromatic carbocycles. The van der Waals surface area contributed by atoms with Crippen LogP contribution in [0.5, 0.6) is 5.75 Å². The lowest BCUT2D eigenvalue weighted by molar-refractivity contribution is -0.121. The average Bonchev–Trinajstić information content (AvgIpc) is 3.60. The highest BCUT2D eigenvalue weighted by Gasteiger charge is 2.37. The van der Waals surface area contributed by atoms with Crippen molar-refractivity contribution in [3.63, 3.8) is 0 Å². The van der Waals surface area contributed by atoms with Crippen LogP contribution in [0.2, 0.25) is 0 Å². The molecule has 0 heterocycles. The van der Waals surface area contributed by atoms with Crippen LogP contribution in [0.1, 0.15) is 100 Å². The zero-order chi connectivity index (χ0) is 24.1. The van der Waals surface area contributed by atoms with Crippen LogP contribution in [0.4, 0.5) is 0 Å². The van der Waals surface area contributed by atoms with Gasteiger partial charge in [0.05, 0.1) is 0 Å². The van der Waals surface area contributed by atoms with Gasteiger partial charge in [-0.15, -0.1) is 0 Å². The number of ketones is 1. The first kappa shape index (κ1) is 25.3. The lowest BCUT2D eigenvalue weighted by atomic mass is 9.70. The molecular formula is C31H42O2. The van der Waals surface area contributed by atoms with Crippen LogP contribution in [0.15, 0.2) is 42.5 Å². The fraction of sp³-hybridized carbons (Fsp3) is 0.516. The summed E-state index contributed by atoms with van der Waals surface area (Å²) < 4.78 is 5.84. The van der Waals surface area contributed by atoms with E-state index in [-0.39, 0.29) is 17.8 Å². The Hall–Kier alpha value is -2.35. The maximum absolute atomic E-state index is 11.9. The van der Waals surface area contributed by atoms with E-state index >= 15 is 0 Å². The van der Waals surface area contributed by atoms with Crippen molar-refractivity contribution in [1.29, 1.82) is 0 Å². The minimum atomic E-state index is -0.0323. The third-order valence-corrected chi connectivity index (χ3v) is 7.89. The molecule has 0 saturated heterocycles. The molecule has 1 aliphatic rings. The Morgan fingerprint density at radius 2 is 1.61 bits per heavy atom. The van der Waals surface area contributed by atoms with Crippen molar-refractivity contribution in [2.24, 2.45) is 5.41 Å². The molecule has 2 nitrogen and oxygen atoms in total. The van der Waals surface area contributed by atoms with Gasteiger partial charge in [0.25, 0.3) is 0 Å². The quantitative estimate of drug-likeness (QED) is 0.327. The molecule has 0 atom stereocenters. The van der Waals surface area contributed by atoms with E-state index in [1.807, 2.05) is 13.0 Å². The fourth-order valence-corrected chi connectivity index (χ4v) is 5.08. The largest absolute Gasteiger partial charge is 0.486 e. The number of carbonyl (C=O) groups is 1. The number of carbonyl (C=O) groups excluding carboxylic acids is 1. The van der Waals surface area contributed by atoms with E-state index in [4.69, 9.17) is 4.74 Å². The zero-order valence-electron chi connectivity index (χ0n) is 21.6. The second-order valence-electron chi connectivity index (χ2n) is 9.97. The molecular weight excluding hydrogens is 404 g/mol. The number of allylic oxidation sites excluding steroid dienone is 1. The van der Waals surface area contributed by atoms with E-state index in [0.717, 1.165) is 30.6 Å². The molecule has 1 aliphatic carbocycles. The van der Waals surface area contributed by atoms with Gasteiger partial charge < -0.3 is 4.74 Å². The van der Waals surface area contributed by atoms with Gasteiger partial charge >= 0.3 is 0 Å². The summed E-state index contributed by atoms with van der Waals surface area (Å²) in [5.74, 6) is 0.972. The summed E-state index contributed by atoms with van der Waals surface area (Å²) in [6.45, 7) is 13.4. The molecule has 1 saturated carbocycles. The first-order valence-electron chi connectivity index (χ1n) is 12.9. The Labute approximate surface area is 201 Å². The molecule has 0 N–H and O–H groups in total. The minimum Gasteiger partial charge on any atom is -0.486 e. The highest BCUT2D eigenvalue weighted by Crippen LogP contribution is 2.50. The van der Waals surface area contributed by atoms with E-state index in [1.165, 1.54) is 41.5 Å². The minimum absolute atomic E-state index is 0.0323. The Morgan fingerprint density at radius 1 is 0.970 bits per heavy atom. The van der Waals surface area contributed by atoms with Crippen LogP contribution < -0.4 is 4.74 Å². The highest BCUT2D eigenvalue weighted by atomic mass is 16.5. The van der Waals surface area contributed by atoms with Crippen molar-refractivity contribution in [1.82, 2.24) is 0 Å². The van der Waals surface area contributed by atoms with Crippen LogP contribution in [-0.4, -0.2) is 12.4 Å². The van der Waals surface area contributed by atoms with Crippen molar-refractivity contribution in [3.8, 4) is 5.75 Å². The Balaban J connectivity index is 1.87. The van der Waals surface area contributed by atoms with Gasteiger partial charge in [-0.25, -0.2) is 0 Å². The Bertz CT molecular complexity index is 990. The molecule has 0 spiro atoms. The van der Waals surface area contributed by atoms with Gasteiger partial charge in [-0.3, -0.25) is 4.79 Å². The molecule has 178 valence electrons. The molecule has 3 rings (SSSR count). The number of rotatable bonds is 12. The van der Waals surface area contributed by atoms with E-state index in [2.05, 4.69) is 77.1 Å². The third kappa shape index (κ3) is 5.60. The third-order valence-electron chi connectivity index (χ3n) is 7.89. The summed E-state index contributed by atoms with van der Waals surface area (Å²) in [5, 5.41) is 0. The molecule has 0 unspecified atom stereocenters. The fourth-order valence-electron chi connectivity index (χ4n) is 5.08. The SMILES string of the molecule is CCCC(=O)COc1ccc(C(CC)(CC)c2ccc(/C=C/C3(CC)CC3)c(C)c2)cc1C. The predicted molar refractivity (Wildman–Crippen MR) is 140 cm³/mol. The first-order chi connectivity index (χ1) is 15.8. The number of hydrogen-bond donors (Lipinski definition) is 0.